The van der Waals surface area contributed by atoms with E-state index in [0.717, 1.165) is 10.6 Å². The number of rotatable bonds is 4. The normalized spacial score (nSPS) is 18.5. The molecule has 1 fully saturated rings. The zero-order valence-corrected chi connectivity index (χ0v) is 22.3. The maximum absolute atomic E-state index is 13.7. The van der Waals surface area contributed by atoms with Crippen molar-refractivity contribution in [2.24, 2.45) is 0 Å². The number of thioether (sulfide) groups is 1. The summed E-state index contributed by atoms with van der Waals surface area (Å²) in [7, 11) is 0. The van der Waals surface area contributed by atoms with Crippen LogP contribution in [0.2, 0.25) is 10.2 Å². The molecule has 4 rings (SSSR count). The average molecular weight is 537 g/mol. The second kappa shape index (κ2) is 9.83. The highest BCUT2D eigenvalue weighted by Gasteiger charge is 2.34. The summed E-state index contributed by atoms with van der Waals surface area (Å²) in [6.07, 6.45) is 2.68. The van der Waals surface area contributed by atoms with Crippen molar-refractivity contribution in [3.63, 3.8) is 0 Å². The van der Waals surface area contributed by atoms with Gasteiger partial charge in [0.1, 0.15) is 11.0 Å². The van der Waals surface area contributed by atoms with Crippen molar-refractivity contribution in [2.45, 2.75) is 50.6 Å². The molecular formula is C23H26Cl2N6O3S. The molecule has 3 aromatic heterocycles. The van der Waals surface area contributed by atoms with Crippen LogP contribution in [0.1, 0.15) is 39.3 Å². The Hall–Kier alpha value is -2.56. The molecule has 0 radical (unpaired) electrons. The van der Waals surface area contributed by atoms with Gasteiger partial charge in [-0.2, -0.15) is 4.98 Å². The van der Waals surface area contributed by atoms with Crippen LogP contribution in [-0.4, -0.2) is 67.0 Å². The molecule has 1 N–H and O–H groups in total. The van der Waals surface area contributed by atoms with Gasteiger partial charge in [-0.15, -0.1) is 11.8 Å². The first kappa shape index (κ1) is 25.5. The van der Waals surface area contributed by atoms with E-state index in [4.69, 9.17) is 23.2 Å². The largest absolute Gasteiger partial charge is 0.465 e. The molecule has 1 aliphatic heterocycles. The van der Waals surface area contributed by atoms with Gasteiger partial charge in [0, 0.05) is 36.3 Å². The first-order valence-electron chi connectivity index (χ1n) is 11.1. The maximum atomic E-state index is 13.7. The number of pyridine rings is 2. The summed E-state index contributed by atoms with van der Waals surface area (Å²) in [5.41, 5.74) is 1.15. The van der Waals surface area contributed by atoms with Gasteiger partial charge < -0.3 is 14.9 Å². The van der Waals surface area contributed by atoms with Gasteiger partial charge in [0.2, 0.25) is 0 Å². The molecule has 3 aromatic rings. The third-order valence-electron chi connectivity index (χ3n) is 6.17. The van der Waals surface area contributed by atoms with Crippen LogP contribution >= 0.6 is 35.0 Å². The van der Waals surface area contributed by atoms with Gasteiger partial charge in [0.25, 0.3) is 0 Å². The number of carboxylic acid groups (broad SMARTS) is 1. The summed E-state index contributed by atoms with van der Waals surface area (Å²) >= 11 is 14.2. The number of halogens is 2. The van der Waals surface area contributed by atoms with Crippen molar-refractivity contribution < 1.29 is 9.90 Å². The first-order chi connectivity index (χ1) is 16.5. The topological polar surface area (TPSA) is 104 Å². The quantitative estimate of drug-likeness (QED) is 0.370. The molecule has 0 saturated carbocycles. The number of aromatic nitrogens is 4. The molecule has 4 heterocycles. The number of hydrogen-bond donors (Lipinski definition) is 1. The van der Waals surface area contributed by atoms with Crippen LogP contribution < -0.4 is 10.6 Å². The summed E-state index contributed by atoms with van der Waals surface area (Å²) in [6.45, 7) is 8.37. The minimum atomic E-state index is -0.976. The molecule has 186 valence electrons. The van der Waals surface area contributed by atoms with Crippen LogP contribution in [0.4, 0.5) is 10.6 Å². The van der Waals surface area contributed by atoms with Gasteiger partial charge in [-0.1, -0.05) is 37.0 Å². The van der Waals surface area contributed by atoms with E-state index in [2.05, 4.69) is 15.0 Å². The Morgan fingerprint density at radius 2 is 1.91 bits per heavy atom. The monoisotopic (exact) mass is 536 g/mol. The standard InChI is InChI=1S/C23H26Cl2N6O3S/c1-11(2)17-18(16(35-5)6-7-26-17)31-21-14(8-15(24)19(25)27-21)20(28-22(31)32)29-9-13(4)30(23(33)34)10-12(29)3/h6-8,11-13H,9-10H2,1-5H3,(H,33,34)/t12-,13+/m0/s1. The summed E-state index contributed by atoms with van der Waals surface area (Å²) in [6, 6.07) is 2.99. The molecule has 2 atom stereocenters. The predicted molar refractivity (Wildman–Crippen MR) is 140 cm³/mol. The van der Waals surface area contributed by atoms with Crippen LogP contribution in [0.15, 0.2) is 28.0 Å². The van der Waals surface area contributed by atoms with E-state index in [0.29, 0.717) is 29.1 Å². The first-order valence-corrected chi connectivity index (χ1v) is 13.1. The minimum absolute atomic E-state index is 0.0338. The summed E-state index contributed by atoms with van der Waals surface area (Å²) in [5.74, 6) is 0.434. The number of carbonyl (C=O) groups is 1. The number of piperazine rings is 1. The van der Waals surface area contributed by atoms with E-state index < -0.39 is 11.8 Å². The van der Waals surface area contributed by atoms with E-state index in [-0.39, 0.29) is 34.7 Å². The van der Waals surface area contributed by atoms with Crippen LogP contribution in [0, 0.1) is 0 Å². The Morgan fingerprint density at radius 3 is 2.54 bits per heavy atom. The van der Waals surface area contributed by atoms with Crippen molar-refractivity contribution in [2.75, 3.05) is 24.2 Å². The lowest BCUT2D eigenvalue weighted by Gasteiger charge is -2.43. The SMILES string of the molecule is CSc1ccnc(C(C)C)c1-n1c(=O)nc(N2C[C@@H](C)N(C(=O)O)C[C@@H]2C)c2cc(Cl)c(Cl)nc21. The zero-order valence-electron chi connectivity index (χ0n) is 20.0. The van der Waals surface area contributed by atoms with Gasteiger partial charge in [-0.05, 0) is 38.2 Å². The molecule has 12 heteroatoms. The number of nitrogens with zero attached hydrogens (tertiary/aromatic N) is 6. The Bertz CT molecular complexity index is 1370. The molecular weight excluding hydrogens is 511 g/mol. The average Bonchev–Trinajstić information content (AvgIpc) is 2.80. The molecule has 9 nitrogen and oxygen atoms in total. The van der Waals surface area contributed by atoms with E-state index in [1.807, 2.05) is 44.9 Å². The highest BCUT2D eigenvalue weighted by molar-refractivity contribution is 7.98. The fraction of sp³-hybridized carbons (Fsp3) is 0.435. The molecule has 35 heavy (non-hydrogen) atoms. The number of anilines is 1. The van der Waals surface area contributed by atoms with Crippen molar-refractivity contribution in [3.05, 3.63) is 44.7 Å². The Labute approximate surface area is 217 Å². The predicted octanol–water partition coefficient (Wildman–Crippen LogP) is 4.90. The van der Waals surface area contributed by atoms with E-state index >= 15 is 0 Å². The number of hydrogen-bond acceptors (Lipinski definition) is 7. The highest BCUT2D eigenvalue weighted by atomic mass is 35.5. The van der Waals surface area contributed by atoms with Crippen LogP contribution in [-0.2, 0) is 0 Å². The molecule has 1 saturated heterocycles. The Kier molecular flexibility index (Phi) is 7.17. The van der Waals surface area contributed by atoms with Crippen molar-refractivity contribution in [3.8, 4) is 5.69 Å². The lowest BCUT2D eigenvalue weighted by atomic mass is 10.1. The van der Waals surface area contributed by atoms with E-state index in [9.17, 15) is 14.7 Å². The summed E-state index contributed by atoms with van der Waals surface area (Å²) in [5, 5.41) is 10.4. The second-order valence-corrected chi connectivity index (χ2v) is 10.5. The van der Waals surface area contributed by atoms with Crippen LogP contribution in [0.25, 0.3) is 16.7 Å². The van der Waals surface area contributed by atoms with Crippen molar-refractivity contribution in [1.82, 2.24) is 24.4 Å². The van der Waals surface area contributed by atoms with Crippen molar-refractivity contribution >= 4 is 57.9 Å². The van der Waals surface area contributed by atoms with Crippen LogP contribution in [0.5, 0.6) is 0 Å². The fourth-order valence-electron chi connectivity index (χ4n) is 4.46. The summed E-state index contributed by atoms with van der Waals surface area (Å²) in [4.78, 5) is 43.0. The second-order valence-electron chi connectivity index (χ2n) is 8.87. The summed E-state index contributed by atoms with van der Waals surface area (Å²) < 4.78 is 1.46. The van der Waals surface area contributed by atoms with Gasteiger partial charge in [-0.3, -0.25) is 4.98 Å². The molecule has 1 aliphatic rings. The smallest absolute Gasteiger partial charge is 0.407 e. The molecule has 0 bridgehead atoms. The highest BCUT2D eigenvalue weighted by Crippen LogP contribution is 2.35. The van der Waals surface area contributed by atoms with E-state index in [1.165, 1.54) is 21.2 Å². The van der Waals surface area contributed by atoms with Gasteiger partial charge in [0.05, 0.1) is 21.8 Å². The fourth-order valence-corrected chi connectivity index (χ4v) is 5.33. The third kappa shape index (κ3) is 4.54. The van der Waals surface area contributed by atoms with Gasteiger partial charge >= 0.3 is 11.8 Å². The molecule has 0 unspecified atom stereocenters. The van der Waals surface area contributed by atoms with Crippen LogP contribution in [0.3, 0.4) is 0 Å². The lowest BCUT2D eigenvalue weighted by molar-refractivity contribution is 0.114. The maximum Gasteiger partial charge on any atom is 0.407 e. The molecule has 0 spiro atoms. The Morgan fingerprint density at radius 1 is 1.20 bits per heavy atom. The van der Waals surface area contributed by atoms with Crippen molar-refractivity contribution in [1.29, 1.82) is 0 Å². The number of fused-ring (bicyclic) bond motifs is 1. The number of amides is 1. The molecule has 0 aliphatic carbocycles. The van der Waals surface area contributed by atoms with Gasteiger partial charge in [0.15, 0.2) is 5.65 Å². The molecule has 0 aromatic carbocycles. The molecule has 1 amide bonds. The Balaban J connectivity index is 2.02. The zero-order chi connectivity index (χ0) is 25.6. The lowest BCUT2D eigenvalue weighted by Crippen LogP contribution is -2.58. The van der Waals surface area contributed by atoms with E-state index in [1.54, 1.807) is 12.3 Å². The third-order valence-corrected chi connectivity index (χ3v) is 7.61. The minimum Gasteiger partial charge on any atom is -0.465 e. The van der Waals surface area contributed by atoms with Gasteiger partial charge in [-0.25, -0.2) is 19.1 Å².